The molecule has 0 aromatic rings. The summed E-state index contributed by atoms with van der Waals surface area (Å²) in [5, 5.41) is 0. The van der Waals surface area contributed by atoms with E-state index >= 15 is 0 Å². The number of nitrogens with zero attached hydrogens (tertiary/aromatic N) is 2. The van der Waals surface area contributed by atoms with Crippen LogP contribution < -0.4 is 0 Å². The molecule has 1 aliphatic heterocycles. The van der Waals surface area contributed by atoms with Crippen LogP contribution in [0.3, 0.4) is 0 Å². The van der Waals surface area contributed by atoms with Crippen molar-refractivity contribution in [3.63, 3.8) is 0 Å². The van der Waals surface area contributed by atoms with Crippen molar-refractivity contribution in [3.05, 3.63) is 0 Å². The quantitative estimate of drug-likeness (QED) is 0.744. The molecule has 0 aromatic carbocycles. The molecule has 0 aromatic heterocycles. The lowest BCUT2D eigenvalue weighted by Crippen LogP contribution is -2.57. The van der Waals surface area contributed by atoms with Gasteiger partial charge in [0.25, 0.3) is 0 Å². The van der Waals surface area contributed by atoms with Gasteiger partial charge in [0.1, 0.15) is 5.60 Å². The van der Waals surface area contributed by atoms with Crippen molar-refractivity contribution >= 4 is 12.0 Å². The molecule has 2 fully saturated rings. The Morgan fingerprint density at radius 3 is 2.13 bits per heavy atom. The van der Waals surface area contributed by atoms with E-state index in [9.17, 15) is 9.59 Å². The molecule has 2 rings (SSSR count). The molecule has 1 atom stereocenters. The van der Waals surface area contributed by atoms with Gasteiger partial charge in [0.2, 0.25) is 5.91 Å². The van der Waals surface area contributed by atoms with Crippen molar-refractivity contribution in [1.29, 1.82) is 0 Å². The van der Waals surface area contributed by atoms with Crippen molar-refractivity contribution in [2.75, 3.05) is 19.6 Å². The number of carbonyl (C=O) groups excluding carboxylic acids is 2. The highest BCUT2D eigenvalue weighted by atomic mass is 16.6. The second kappa shape index (κ2) is 7.10. The molecule has 2 aliphatic rings. The van der Waals surface area contributed by atoms with Gasteiger partial charge < -0.3 is 14.5 Å². The third-order valence-electron chi connectivity index (χ3n) is 4.93. The largest absolute Gasteiger partial charge is 0.444 e. The average Bonchev–Trinajstić information content (AvgIpc) is 2.45. The Morgan fingerprint density at radius 2 is 1.61 bits per heavy atom. The van der Waals surface area contributed by atoms with Crippen molar-refractivity contribution in [1.82, 2.24) is 9.80 Å². The molecule has 0 bridgehead atoms. The van der Waals surface area contributed by atoms with Gasteiger partial charge in [-0.15, -0.1) is 0 Å². The lowest BCUT2D eigenvalue weighted by atomic mass is 9.82. The van der Waals surface area contributed by atoms with Crippen LogP contribution in [0.15, 0.2) is 0 Å². The SMILES string of the molecule is CC1CCC(C(=O)N2CCN(C(=O)OC(C)(C)C)CC2C)CC1. The Balaban J connectivity index is 1.88. The van der Waals surface area contributed by atoms with Crippen LogP contribution in [-0.4, -0.2) is 53.1 Å². The van der Waals surface area contributed by atoms with Gasteiger partial charge in [-0.3, -0.25) is 4.79 Å². The van der Waals surface area contributed by atoms with Gasteiger partial charge in [0, 0.05) is 31.6 Å². The Labute approximate surface area is 140 Å². The topological polar surface area (TPSA) is 49.9 Å². The predicted octanol–water partition coefficient (Wildman–Crippen LogP) is 3.28. The number of rotatable bonds is 1. The van der Waals surface area contributed by atoms with Gasteiger partial charge in [-0.05, 0) is 59.3 Å². The molecule has 5 heteroatoms. The van der Waals surface area contributed by atoms with Gasteiger partial charge >= 0.3 is 6.09 Å². The monoisotopic (exact) mass is 324 g/mol. The highest BCUT2D eigenvalue weighted by Crippen LogP contribution is 2.30. The molecule has 0 N–H and O–H groups in total. The minimum atomic E-state index is -0.480. The Kier molecular flexibility index (Phi) is 5.58. The van der Waals surface area contributed by atoms with E-state index in [0.29, 0.717) is 19.6 Å². The minimum absolute atomic E-state index is 0.0584. The third kappa shape index (κ3) is 4.85. The summed E-state index contributed by atoms with van der Waals surface area (Å²) in [6, 6.07) is 0.0584. The molecule has 1 heterocycles. The van der Waals surface area contributed by atoms with Crippen LogP contribution >= 0.6 is 0 Å². The smallest absolute Gasteiger partial charge is 0.410 e. The zero-order chi connectivity index (χ0) is 17.2. The summed E-state index contributed by atoms with van der Waals surface area (Å²) in [5.41, 5.74) is -0.480. The van der Waals surface area contributed by atoms with Gasteiger partial charge in [-0.1, -0.05) is 6.92 Å². The molecule has 5 nitrogen and oxygen atoms in total. The summed E-state index contributed by atoms with van der Waals surface area (Å²) < 4.78 is 5.43. The standard InChI is InChI=1S/C18H32N2O3/c1-13-6-8-15(9-7-13)16(21)20-11-10-19(12-14(20)2)17(22)23-18(3,4)5/h13-15H,6-12H2,1-5H3. The highest BCUT2D eigenvalue weighted by molar-refractivity contribution is 5.79. The molecular weight excluding hydrogens is 292 g/mol. The van der Waals surface area contributed by atoms with E-state index in [1.165, 1.54) is 0 Å². The average molecular weight is 324 g/mol. The maximum absolute atomic E-state index is 12.8. The summed E-state index contributed by atoms with van der Waals surface area (Å²) >= 11 is 0. The second-order valence-electron chi connectivity index (χ2n) is 8.26. The lowest BCUT2D eigenvalue weighted by Gasteiger charge is -2.42. The van der Waals surface area contributed by atoms with Gasteiger partial charge in [0.15, 0.2) is 0 Å². The van der Waals surface area contributed by atoms with Crippen LogP contribution in [0.5, 0.6) is 0 Å². The number of ether oxygens (including phenoxy) is 1. The molecule has 1 saturated heterocycles. The fourth-order valence-corrected chi connectivity index (χ4v) is 3.52. The molecule has 0 spiro atoms. The van der Waals surface area contributed by atoms with Crippen LogP contribution in [0.4, 0.5) is 4.79 Å². The van der Waals surface area contributed by atoms with E-state index < -0.39 is 5.60 Å². The van der Waals surface area contributed by atoms with Crippen LogP contribution in [0.2, 0.25) is 0 Å². The molecule has 23 heavy (non-hydrogen) atoms. The molecular formula is C18H32N2O3. The van der Waals surface area contributed by atoms with Crippen LogP contribution in [0, 0.1) is 11.8 Å². The molecule has 1 unspecified atom stereocenters. The first-order valence-corrected chi connectivity index (χ1v) is 8.96. The normalized spacial score (nSPS) is 29.3. The fourth-order valence-electron chi connectivity index (χ4n) is 3.52. The van der Waals surface area contributed by atoms with Crippen molar-refractivity contribution < 1.29 is 14.3 Å². The first kappa shape index (κ1) is 18.1. The second-order valence-corrected chi connectivity index (χ2v) is 8.26. The van der Waals surface area contributed by atoms with Gasteiger partial charge in [-0.25, -0.2) is 4.79 Å². The maximum Gasteiger partial charge on any atom is 0.410 e. The molecule has 1 aliphatic carbocycles. The number of hydrogen-bond donors (Lipinski definition) is 0. The van der Waals surface area contributed by atoms with Gasteiger partial charge in [-0.2, -0.15) is 0 Å². The van der Waals surface area contributed by atoms with E-state index in [1.807, 2.05) is 32.6 Å². The molecule has 132 valence electrons. The van der Waals surface area contributed by atoms with Crippen molar-refractivity contribution in [2.24, 2.45) is 11.8 Å². The zero-order valence-electron chi connectivity index (χ0n) is 15.3. The zero-order valence-corrected chi connectivity index (χ0v) is 15.3. The van der Waals surface area contributed by atoms with E-state index in [4.69, 9.17) is 4.74 Å². The Bertz CT molecular complexity index is 436. The first-order valence-electron chi connectivity index (χ1n) is 8.96. The Morgan fingerprint density at radius 1 is 1.00 bits per heavy atom. The highest BCUT2D eigenvalue weighted by Gasteiger charge is 2.35. The predicted molar refractivity (Wildman–Crippen MR) is 90.1 cm³/mol. The van der Waals surface area contributed by atoms with Crippen molar-refractivity contribution in [2.45, 2.75) is 71.9 Å². The van der Waals surface area contributed by atoms with E-state index in [-0.39, 0.29) is 24.0 Å². The van der Waals surface area contributed by atoms with Crippen LogP contribution in [0.1, 0.15) is 60.3 Å². The number of piperazine rings is 1. The van der Waals surface area contributed by atoms with E-state index in [1.54, 1.807) is 4.90 Å². The third-order valence-corrected chi connectivity index (χ3v) is 4.93. The van der Waals surface area contributed by atoms with E-state index in [2.05, 4.69) is 6.92 Å². The maximum atomic E-state index is 12.8. The molecule has 2 amide bonds. The van der Waals surface area contributed by atoms with E-state index in [0.717, 1.165) is 31.6 Å². The molecule has 0 radical (unpaired) electrons. The summed E-state index contributed by atoms with van der Waals surface area (Å²) in [7, 11) is 0. The van der Waals surface area contributed by atoms with Gasteiger partial charge in [0.05, 0.1) is 0 Å². The Hall–Kier alpha value is -1.26. The van der Waals surface area contributed by atoms with Crippen molar-refractivity contribution in [3.8, 4) is 0 Å². The number of amides is 2. The minimum Gasteiger partial charge on any atom is -0.444 e. The number of hydrogen-bond acceptors (Lipinski definition) is 3. The summed E-state index contributed by atoms with van der Waals surface area (Å²) in [5.74, 6) is 1.22. The fraction of sp³-hybridized carbons (Fsp3) is 0.889. The lowest BCUT2D eigenvalue weighted by molar-refractivity contribution is -0.141. The summed E-state index contributed by atoms with van der Waals surface area (Å²) in [4.78, 5) is 28.6. The molecule has 1 saturated carbocycles. The van der Waals surface area contributed by atoms with Crippen LogP contribution in [0.25, 0.3) is 0 Å². The van der Waals surface area contributed by atoms with Crippen LogP contribution in [-0.2, 0) is 9.53 Å². The first-order chi connectivity index (χ1) is 10.7. The summed E-state index contributed by atoms with van der Waals surface area (Å²) in [6.45, 7) is 11.7. The summed E-state index contributed by atoms with van der Waals surface area (Å²) in [6.07, 6.45) is 4.06. The number of carbonyl (C=O) groups is 2.